The molecule has 0 aromatic rings. The average Bonchev–Trinajstić information content (AvgIpc) is 3.24. The van der Waals surface area contributed by atoms with E-state index in [9.17, 15) is 29.1 Å². The van der Waals surface area contributed by atoms with E-state index in [-0.39, 0.29) is 24.8 Å². The van der Waals surface area contributed by atoms with Gasteiger partial charge in [-0.3, -0.25) is 19.2 Å². The van der Waals surface area contributed by atoms with Crippen molar-refractivity contribution in [1.29, 1.82) is 0 Å². The fourth-order valence-corrected chi connectivity index (χ4v) is 3.14. The lowest BCUT2D eigenvalue weighted by atomic mass is 10.1. The largest absolute Gasteiger partial charge is 0.481 e. The maximum atomic E-state index is 12.6. The number of amides is 3. The van der Waals surface area contributed by atoms with Gasteiger partial charge in [-0.15, -0.1) is 0 Å². The molecule has 0 saturated carbocycles. The number of unbranched alkanes of at least 4 members (excludes halogenated alkanes) is 1. The lowest BCUT2D eigenvalue weighted by Gasteiger charge is -2.23. The molecule has 31 heavy (non-hydrogen) atoms. The third kappa shape index (κ3) is 9.75. The summed E-state index contributed by atoms with van der Waals surface area (Å²) in [5.74, 6) is -4.18. The van der Waals surface area contributed by atoms with Crippen LogP contribution >= 0.6 is 0 Å². The second-order valence-electron chi connectivity index (χ2n) is 7.56. The van der Waals surface area contributed by atoms with Gasteiger partial charge in [0.25, 0.3) is 0 Å². The Morgan fingerprint density at radius 1 is 1.00 bits per heavy atom. The predicted octanol–water partition coefficient (Wildman–Crippen LogP) is -1.71. The molecule has 12 nitrogen and oxygen atoms in total. The molecule has 176 valence electrons. The van der Waals surface area contributed by atoms with E-state index >= 15 is 0 Å². The molecule has 0 spiro atoms. The molecular formula is C19H33N5O7. The molecule has 1 saturated heterocycles. The topological polar surface area (TPSA) is 200 Å². The van der Waals surface area contributed by atoms with E-state index in [1.54, 1.807) is 0 Å². The molecule has 3 amide bonds. The lowest BCUT2D eigenvalue weighted by molar-refractivity contribution is -0.143. The van der Waals surface area contributed by atoms with Crippen LogP contribution in [0.5, 0.6) is 0 Å². The number of rotatable bonds is 14. The summed E-state index contributed by atoms with van der Waals surface area (Å²) >= 11 is 0. The molecule has 0 bridgehead atoms. The highest BCUT2D eigenvalue weighted by Gasteiger charge is 2.29. The number of hydrogen-bond donors (Lipinski definition) is 7. The number of carbonyl (C=O) groups is 5. The van der Waals surface area contributed by atoms with Gasteiger partial charge in [-0.2, -0.15) is 0 Å². The SMILES string of the molecule is CC(NC(=O)C1CCCN1)C(=O)NC(CCCCN)C(=O)NC(CCC(=O)O)C(=O)O. The Kier molecular flexibility index (Phi) is 11.5. The lowest BCUT2D eigenvalue weighted by Crippen LogP contribution is -2.56. The standard InChI is InChI=1S/C19H33N5O7/c1-11(22-17(28)12-6-4-10-21-12)16(27)23-13(5-2-3-9-20)18(29)24-14(19(30)31)7-8-15(25)26/h11-14,21H,2-10,20H2,1H3,(H,22,28)(H,23,27)(H,24,29)(H,25,26)(H,30,31). The van der Waals surface area contributed by atoms with Crippen LogP contribution in [0.4, 0.5) is 0 Å². The summed E-state index contributed by atoms with van der Waals surface area (Å²) in [6.07, 6.45) is 2.15. The molecular weight excluding hydrogens is 410 g/mol. The number of carboxylic acid groups (broad SMARTS) is 2. The summed E-state index contributed by atoms with van der Waals surface area (Å²) in [6, 6.07) is -3.70. The van der Waals surface area contributed by atoms with Gasteiger partial charge in [0, 0.05) is 6.42 Å². The van der Waals surface area contributed by atoms with E-state index in [0.29, 0.717) is 25.8 Å². The maximum Gasteiger partial charge on any atom is 0.326 e. The van der Waals surface area contributed by atoms with Gasteiger partial charge in [0.05, 0.1) is 6.04 Å². The van der Waals surface area contributed by atoms with E-state index in [0.717, 1.165) is 13.0 Å². The number of nitrogens with two attached hydrogens (primary N) is 1. The molecule has 4 atom stereocenters. The predicted molar refractivity (Wildman–Crippen MR) is 110 cm³/mol. The quantitative estimate of drug-likeness (QED) is 0.153. The van der Waals surface area contributed by atoms with Crippen LogP contribution in [0.3, 0.4) is 0 Å². The molecule has 0 aromatic heterocycles. The van der Waals surface area contributed by atoms with Crippen molar-refractivity contribution in [3.63, 3.8) is 0 Å². The Labute approximate surface area is 180 Å². The van der Waals surface area contributed by atoms with Crippen molar-refractivity contribution in [3.8, 4) is 0 Å². The minimum Gasteiger partial charge on any atom is -0.481 e. The first-order chi connectivity index (χ1) is 14.6. The highest BCUT2D eigenvalue weighted by atomic mass is 16.4. The highest BCUT2D eigenvalue weighted by molar-refractivity contribution is 5.94. The van der Waals surface area contributed by atoms with E-state index in [1.165, 1.54) is 6.92 Å². The molecule has 1 heterocycles. The molecule has 0 aromatic carbocycles. The Hall–Kier alpha value is -2.73. The van der Waals surface area contributed by atoms with E-state index in [4.69, 9.17) is 10.8 Å². The van der Waals surface area contributed by atoms with Gasteiger partial charge in [-0.05, 0) is 58.5 Å². The molecule has 1 rings (SSSR count). The van der Waals surface area contributed by atoms with Crippen molar-refractivity contribution in [1.82, 2.24) is 21.3 Å². The second kappa shape index (κ2) is 13.5. The molecule has 4 unspecified atom stereocenters. The van der Waals surface area contributed by atoms with Gasteiger partial charge in [-0.25, -0.2) is 4.79 Å². The van der Waals surface area contributed by atoms with Crippen molar-refractivity contribution in [2.45, 2.75) is 76.0 Å². The first kappa shape index (κ1) is 26.3. The summed E-state index contributed by atoms with van der Waals surface area (Å²) in [6.45, 7) is 2.61. The number of carbonyl (C=O) groups excluding carboxylic acids is 3. The van der Waals surface area contributed by atoms with Gasteiger partial charge >= 0.3 is 11.9 Å². The zero-order valence-electron chi connectivity index (χ0n) is 17.7. The van der Waals surface area contributed by atoms with Gasteiger partial charge in [-0.1, -0.05) is 0 Å². The third-order valence-electron chi connectivity index (χ3n) is 4.97. The maximum absolute atomic E-state index is 12.6. The number of aliphatic carboxylic acids is 2. The number of nitrogens with one attached hydrogen (secondary N) is 4. The van der Waals surface area contributed by atoms with E-state index in [1.807, 2.05) is 0 Å². The Balaban J connectivity index is 2.72. The van der Waals surface area contributed by atoms with E-state index < -0.39 is 48.3 Å². The third-order valence-corrected chi connectivity index (χ3v) is 4.97. The van der Waals surface area contributed by atoms with Crippen molar-refractivity contribution in [2.24, 2.45) is 5.73 Å². The Morgan fingerprint density at radius 2 is 1.68 bits per heavy atom. The second-order valence-corrected chi connectivity index (χ2v) is 7.56. The number of hydrogen-bond acceptors (Lipinski definition) is 7. The fraction of sp³-hybridized carbons (Fsp3) is 0.737. The van der Waals surface area contributed by atoms with Gasteiger partial charge in [0.2, 0.25) is 17.7 Å². The average molecular weight is 444 g/mol. The van der Waals surface area contributed by atoms with Crippen LogP contribution < -0.4 is 27.0 Å². The van der Waals surface area contributed by atoms with Crippen LogP contribution in [0.25, 0.3) is 0 Å². The first-order valence-corrected chi connectivity index (χ1v) is 10.4. The van der Waals surface area contributed by atoms with Crippen molar-refractivity contribution in [2.75, 3.05) is 13.1 Å². The highest BCUT2D eigenvalue weighted by Crippen LogP contribution is 2.07. The summed E-state index contributed by atoms with van der Waals surface area (Å²) in [4.78, 5) is 59.4. The molecule has 1 aliphatic rings. The summed E-state index contributed by atoms with van der Waals surface area (Å²) in [5.41, 5.74) is 5.47. The molecule has 1 fully saturated rings. The van der Waals surface area contributed by atoms with Crippen molar-refractivity contribution >= 4 is 29.7 Å². The smallest absolute Gasteiger partial charge is 0.326 e. The molecule has 1 aliphatic heterocycles. The van der Waals surface area contributed by atoms with Crippen molar-refractivity contribution in [3.05, 3.63) is 0 Å². The summed E-state index contributed by atoms with van der Waals surface area (Å²) < 4.78 is 0. The van der Waals surface area contributed by atoms with Crippen LogP contribution in [-0.2, 0) is 24.0 Å². The fourth-order valence-electron chi connectivity index (χ4n) is 3.14. The molecule has 12 heteroatoms. The van der Waals surface area contributed by atoms with Gasteiger partial charge < -0.3 is 37.2 Å². The molecule has 0 radical (unpaired) electrons. The normalized spacial score (nSPS) is 18.5. The molecule has 8 N–H and O–H groups in total. The van der Waals surface area contributed by atoms with Crippen LogP contribution in [0.15, 0.2) is 0 Å². The van der Waals surface area contributed by atoms with E-state index in [2.05, 4.69) is 21.3 Å². The van der Waals surface area contributed by atoms with Crippen molar-refractivity contribution < 1.29 is 34.2 Å². The minimum atomic E-state index is -1.40. The van der Waals surface area contributed by atoms with Crippen LogP contribution in [0.2, 0.25) is 0 Å². The Bertz CT molecular complexity index is 652. The van der Waals surface area contributed by atoms with Crippen LogP contribution in [0.1, 0.15) is 51.9 Å². The monoisotopic (exact) mass is 443 g/mol. The first-order valence-electron chi connectivity index (χ1n) is 10.4. The summed E-state index contributed by atoms with van der Waals surface area (Å²) in [5, 5.41) is 28.4. The van der Waals surface area contributed by atoms with Crippen LogP contribution in [-0.4, -0.2) is 77.1 Å². The number of carboxylic acids is 2. The van der Waals surface area contributed by atoms with Gasteiger partial charge in [0.1, 0.15) is 18.1 Å². The molecule has 0 aliphatic carbocycles. The Morgan fingerprint density at radius 3 is 2.23 bits per heavy atom. The zero-order valence-corrected chi connectivity index (χ0v) is 17.7. The zero-order chi connectivity index (χ0) is 23.4. The van der Waals surface area contributed by atoms with Gasteiger partial charge in [0.15, 0.2) is 0 Å². The summed E-state index contributed by atoms with van der Waals surface area (Å²) in [7, 11) is 0. The minimum absolute atomic E-state index is 0.213. The van der Waals surface area contributed by atoms with Crippen LogP contribution in [0, 0.1) is 0 Å².